The minimum Gasteiger partial charge on any atom is -0.508 e. The molecular weight excluding hydrogens is 379 g/mol. The molecule has 0 amide bonds. The predicted molar refractivity (Wildman–Crippen MR) is 121 cm³/mol. The third-order valence-electron chi connectivity index (χ3n) is 5.83. The van der Waals surface area contributed by atoms with Crippen molar-refractivity contribution < 1.29 is 14.2 Å². The molecule has 2 aliphatic heterocycles. The van der Waals surface area contributed by atoms with Gasteiger partial charge < -0.3 is 19.3 Å². The quantitative estimate of drug-likeness (QED) is 0.481. The Labute approximate surface area is 178 Å². The summed E-state index contributed by atoms with van der Waals surface area (Å²) in [4.78, 5) is 2.05. The van der Waals surface area contributed by atoms with Gasteiger partial charge in [-0.15, -0.1) is 0 Å². The van der Waals surface area contributed by atoms with Gasteiger partial charge in [0.05, 0.1) is 24.4 Å². The third kappa shape index (κ3) is 3.32. The van der Waals surface area contributed by atoms with Crippen molar-refractivity contribution in [1.29, 1.82) is 0 Å². The lowest BCUT2D eigenvalue weighted by Crippen LogP contribution is -2.48. The van der Waals surface area contributed by atoms with E-state index in [0.29, 0.717) is 41.1 Å². The molecule has 0 saturated carbocycles. The number of hydrogen-bond acceptors (Lipinski definition) is 3. The van der Waals surface area contributed by atoms with E-state index in [-0.39, 0.29) is 23.0 Å². The van der Waals surface area contributed by atoms with Crippen LogP contribution >= 0.6 is 0 Å². The number of hydrogen-bond donors (Lipinski definition) is 1. The summed E-state index contributed by atoms with van der Waals surface area (Å²) < 4.78 is 23.5. The van der Waals surface area contributed by atoms with Gasteiger partial charge >= 0.3 is 0 Å². The Morgan fingerprint density at radius 2 is 2.07 bits per heavy atom. The molecule has 2 aliphatic rings. The monoisotopic (exact) mass is 410 g/mol. The van der Waals surface area contributed by atoms with Crippen LogP contribution < -0.4 is 0 Å². The molecule has 0 aromatic carbocycles. The lowest BCUT2D eigenvalue weighted by molar-refractivity contribution is 0.159. The normalized spacial score (nSPS) is 19.0. The number of fused-ring (bicyclic) bond motifs is 3. The van der Waals surface area contributed by atoms with E-state index in [9.17, 15) is 5.11 Å². The SMILES string of the molecule is C=C/C=C(/OC)c1c(F)c2n(c1CC)CC(C(C)(C)C)N1C=C(C(=C)O)C(=C)C=C21. The second kappa shape index (κ2) is 7.71. The minimum absolute atomic E-state index is 0.0398. The number of halogens is 1. The van der Waals surface area contributed by atoms with E-state index in [1.54, 1.807) is 19.3 Å². The van der Waals surface area contributed by atoms with E-state index in [0.717, 1.165) is 11.4 Å². The van der Waals surface area contributed by atoms with Crippen LogP contribution in [0.15, 0.2) is 61.1 Å². The van der Waals surface area contributed by atoms with E-state index in [1.165, 1.54) is 0 Å². The fourth-order valence-corrected chi connectivity index (χ4v) is 4.33. The molecule has 1 aromatic rings. The molecule has 0 spiro atoms. The molecule has 3 rings (SSSR count). The summed E-state index contributed by atoms with van der Waals surface area (Å²) in [5.74, 6) is 0.0862. The molecule has 0 fully saturated rings. The largest absolute Gasteiger partial charge is 0.508 e. The van der Waals surface area contributed by atoms with Crippen LogP contribution in [0.4, 0.5) is 4.39 Å². The van der Waals surface area contributed by atoms with Crippen molar-refractivity contribution in [2.24, 2.45) is 5.41 Å². The summed E-state index contributed by atoms with van der Waals surface area (Å²) in [6.07, 6.45) is 7.61. The van der Waals surface area contributed by atoms with E-state index in [2.05, 4.69) is 50.0 Å². The minimum atomic E-state index is -0.321. The fourth-order valence-electron chi connectivity index (χ4n) is 4.33. The highest BCUT2D eigenvalue weighted by atomic mass is 19.1. The standard InChI is InChI=1S/C25H31FN2O2/c1-9-11-20(30-8)22-18(10-2)28-14-21(25(5,6)7)27-13-17(16(4)29)15(3)12-19(27)24(28)23(22)26/h9,11-13,21,29H,1,3-4,10,14H2,2,5-8H3/b20-11+. The molecule has 30 heavy (non-hydrogen) atoms. The second-order valence-electron chi connectivity index (χ2n) is 8.75. The molecule has 0 bridgehead atoms. The predicted octanol–water partition coefficient (Wildman–Crippen LogP) is 5.96. The van der Waals surface area contributed by atoms with E-state index in [4.69, 9.17) is 4.74 Å². The first-order valence-corrected chi connectivity index (χ1v) is 10.1. The number of aromatic nitrogens is 1. The average molecular weight is 411 g/mol. The molecule has 1 unspecified atom stereocenters. The summed E-state index contributed by atoms with van der Waals surface area (Å²) in [6, 6.07) is 0.0398. The van der Waals surface area contributed by atoms with E-state index < -0.39 is 0 Å². The van der Waals surface area contributed by atoms with Gasteiger partial charge in [-0.3, -0.25) is 0 Å². The van der Waals surface area contributed by atoms with Crippen LogP contribution in [0.25, 0.3) is 11.5 Å². The molecule has 1 atom stereocenters. The first-order chi connectivity index (χ1) is 14.1. The van der Waals surface area contributed by atoms with Gasteiger partial charge in [0.1, 0.15) is 17.2 Å². The van der Waals surface area contributed by atoms with Crippen LogP contribution in [0.3, 0.4) is 0 Å². The van der Waals surface area contributed by atoms with Crippen LogP contribution in [-0.2, 0) is 17.7 Å². The molecule has 0 aliphatic carbocycles. The zero-order valence-corrected chi connectivity index (χ0v) is 18.6. The van der Waals surface area contributed by atoms with Crippen LogP contribution in [0.5, 0.6) is 0 Å². The number of rotatable bonds is 5. The first-order valence-electron chi connectivity index (χ1n) is 10.1. The summed E-state index contributed by atoms with van der Waals surface area (Å²) in [5.41, 5.74) is 3.65. The topological polar surface area (TPSA) is 37.6 Å². The van der Waals surface area contributed by atoms with Gasteiger partial charge in [0.25, 0.3) is 0 Å². The van der Waals surface area contributed by atoms with Crippen molar-refractivity contribution >= 4 is 11.5 Å². The van der Waals surface area contributed by atoms with Gasteiger partial charge in [0.2, 0.25) is 0 Å². The van der Waals surface area contributed by atoms with Crippen molar-refractivity contribution in [1.82, 2.24) is 9.47 Å². The van der Waals surface area contributed by atoms with Crippen LogP contribution in [-0.4, -0.2) is 27.7 Å². The highest BCUT2D eigenvalue weighted by molar-refractivity contribution is 5.77. The Morgan fingerprint density at radius 3 is 2.57 bits per heavy atom. The Hall–Kier alpha value is -2.95. The smallest absolute Gasteiger partial charge is 0.161 e. The number of aliphatic hydroxyl groups excluding tert-OH is 1. The summed E-state index contributed by atoms with van der Waals surface area (Å²) in [7, 11) is 1.54. The molecule has 1 aromatic heterocycles. The molecular formula is C25H31FN2O2. The van der Waals surface area contributed by atoms with E-state index in [1.807, 2.05) is 19.2 Å². The number of methoxy groups -OCH3 is 1. The second-order valence-corrected chi connectivity index (χ2v) is 8.75. The maximum atomic E-state index is 15.9. The lowest BCUT2D eigenvalue weighted by Gasteiger charge is -2.46. The van der Waals surface area contributed by atoms with Gasteiger partial charge in [-0.1, -0.05) is 53.5 Å². The first kappa shape index (κ1) is 21.8. The fraction of sp³-hybridized carbons (Fsp3) is 0.360. The van der Waals surface area contributed by atoms with Gasteiger partial charge in [-0.2, -0.15) is 0 Å². The van der Waals surface area contributed by atoms with Crippen molar-refractivity contribution in [3.63, 3.8) is 0 Å². The molecule has 1 N–H and O–H groups in total. The molecule has 4 nitrogen and oxygen atoms in total. The Kier molecular flexibility index (Phi) is 5.59. The highest BCUT2D eigenvalue weighted by Gasteiger charge is 2.42. The molecule has 5 heteroatoms. The zero-order chi connectivity index (χ0) is 22.4. The maximum Gasteiger partial charge on any atom is 0.161 e. The maximum absolute atomic E-state index is 15.9. The third-order valence-corrected chi connectivity index (χ3v) is 5.83. The number of aliphatic hydroxyl groups is 1. The van der Waals surface area contributed by atoms with Gasteiger partial charge in [-0.25, -0.2) is 4.39 Å². The Morgan fingerprint density at radius 1 is 1.40 bits per heavy atom. The van der Waals surface area contributed by atoms with Crippen molar-refractivity contribution in [2.75, 3.05) is 7.11 Å². The van der Waals surface area contributed by atoms with Gasteiger partial charge in [0, 0.05) is 24.0 Å². The molecule has 160 valence electrons. The Balaban J connectivity index is 2.34. The zero-order valence-electron chi connectivity index (χ0n) is 18.6. The summed E-state index contributed by atoms with van der Waals surface area (Å²) in [5, 5.41) is 10.0. The highest BCUT2D eigenvalue weighted by Crippen LogP contribution is 2.45. The van der Waals surface area contributed by atoms with E-state index >= 15 is 4.39 Å². The van der Waals surface area contributed by atoms with Gasteiger partial charge in [0.15, 0.2) is 5.82 Å². The number of allylic oxidation sites excluding steroid dienone is 4. The lowest BCUT2D eigenvalue weighted by atomic mass is 9.82. The van der Waals surface area contributed by atoms with Crippen LogP contribution in [0.2, 0.25) is 0 Å². The van der Waals surface area contributed by atoms with Crippen molar-refractivity contribution in [2.45, 2.75) is 46.7 Å². The average Bonchev–Trinajstić information content (AvgIpc) is 2.95. The Bertz CT molecular complexity index is 1010. The molecule has 3 heterocycles. The van der Waals surface area contributed by atoms with Gasteiger partial charge in [-0.05, 0) is 29.6 Å². The van der Waals surface area contributed by atoms with Crippen molar-refractivity contribution in [3.8, 4) is 0 Å². The molecule has 0 saturated heterocycles. The van der Waals surface area contributed by atoms with Crippen LogP contribution in [0, 0.1) is 11.2 Å². The summed E-state index contributed by atoms with van der Waals surface area (Å²) in [6.45, 7) is 20.6. The van der Waals surface area contributed by atoms with Crippen molar-refractivity contribution in [3.05, 3.63) is 83.8 Å². The van der Waals surface area contributed by atoms with Crippen LogP contribution in [0.1, 0.15) is 44.6 Å². The molecule has 0 radical (unpaired) electrons. The summed E-state index contributed by atoms with van der Waals surface area (Å²) >= 11 is 0. The number of ether oxygens (including phenoxy) is 1. The number of nitrogens with zero attached hydrogens (tertiary/aromatic N) is 2.